The quantitative estimate of drug-likeness (QED) is 0.642. The van der Waals surface area contributed by atoms with Gasteiger partial charge >= 0.3 is 0 Å². The first kappa shape index (κ1) is 18.0. The van der Waals surface area contributed by atoms with Crippen molar-refractivity contribution in [3.63, 3.8) is 0 Å². The second-order valence-electron chi connectivity index (χ2n) is 5.83. The normalized spacial score (nSPS) is 14.0. The van der Waals surface area contributed by atoms with Crippen LogP contribution in [-0.2, 0) is 11.3 Å². The molecule has 0 aromatic heterocycles. The molecule has 0 amide bonds. The lowest BCUT2D eigenvalue weighted by Crippen LogP contribution is -2.10. The van der Waals surface area contributed by atoms with Gasteiger partial charge in [-0.15, -0.1) is 0 Å². The Morgan fingerprint density at radius 2 is 1.90 bits per heavy atom. The summed E-state index contributed by atoms with van der Waals surface area (Å²) in [6.07, 6.45) is 6.54. The molecular formula is C18H31NO2. The van der Waals surface area contributed by atoms with Gasteiger partial charge in [0.05, 0.1) is 19.8 Å². The SMILES string of the molecule is CCCCCCC(C)OCc1cc(C(C)N)ccc1OC. The molecule has 1 aromatic rings. The van der Waals surface area contributed by atoms with Crippen molar-refractivity contribution in [2.75, 3.05) is 7.11 Å². The fourth-order valence-electron chi connectivity index (χ4n) is 2.37. The first-order valence-corrected chi connectivity index (χ1v) is 8.12. The molecule has 2 unspecified atom stereocenters. The van der Waals surface area contributed by atoms with E-state index in [1.54, 1.807) is 7.11 Å². The van der Waals surface area contributed by atoms with Crippen molar-refractivity contribution in [3.05, 3.63) is 29.3 Å². The van der Waals surface area contributed by atoms with Crippen LogP contribution in [0.25, 0.3) is 0 Å². The molecule has 0 heterocycles. The third-order valence-corrected chi connectivity index (χ3v) is 3.82. The number of hydrogen-bond donors (Lipinski definition) is 1. The zero-order valence-corrected chi connectivity index (χ0v) is 14.0. The summed E-state index contributed by atoms with van der Waals surface area (Å²) in [7, 11) is 1.69. The number of ether oxygens (including phenoxy) is 2. The van der Waals surface area contributed by atoms with Crippen molar-refractivity contribution < 1.29 is 9.47 Å². The highest BCUT2D eigenvalue weighted by molar-refractivity contribution is 5.37. The van der Waals surface area contributed by atoms with Gasteiger partial charge in [-0.2, -0.15) is 0 Å². The summed E-state index contributed by atoms with van der Waals surface area (Å²) in [6.45, 7) is 6.95. The van der Waals surface area contributed by atoms with Crippen molar-refractivity contribution in [1.29, 1.82) is 0 Å². The molecule has 2 atom stereocenters. The predicted molar refractivity (Wildman–Crippen MR) is 88.6 cm³/mol. The minimum Gasteiger partial charge on any atom is -0.496 e. The standard InChI is InChI=1S/C18H31NO2/c1-5-6-7-8-9-14(2)21-13-17-12-16(15(3)19)10-11-18(17)20-4/h10-12,14-15H,5-9,13,19H2,1-4H3. The molecule has 0 aliphatic rings. The van der Waals surface area contributed by atoms with Gasteiger partial charge in [0.1, 0.15) is 5.75 Å². The fraction of sp³-hybridized carbons (Fsp3) is 0.667. The van der Waals surface area contributed by atoms with E-state index in [1.165, 1.54) is 25.7 Å². The first-order valence-electron chi connectivity index (χ1n) is 8.12. The highest BCUT2D eigenvalue weighted by Gasteiger charge is 2.09. The Kier molecular flexibility index (Phi) is 8.40. The number of rotatable bonds is 10. The summed E-state index contributed by atoms with van der Waals surface area (Å²) in [5, 5.41) is 0. The van der Waals surface area contributed by atoms with Gasteiger partial charge in [0.25, 0.3) is 0 Å². The molecule has 0 bridgehead atoms. The maximum atomic E-state index is 5.96. The van der Waals surface area contributed by atoms with Crippen molar-refractivity contribution in [2.24, 2.45) is 5.73 Å². The molecule has 0 fully saturated rings. The molecule has 3 heteroatoms. The molecule has 21 heavy (non-hydrogen) atoms. The number of methoxy groups -OCH3 is 1. The van der Waals surface area contributed by atoms with Gasteiger partial charge < -0.3 is 15.2 Å². The van der Waals surface area contributed by atoms with Gasteiger partial charge in [0, 0.05) is 11.6 Å². The van der Waals surface area contributed by atoms with Crippen molar-refractivity contribution in [1.82, 2.24) is 0 Å². The lowest BCUT2D eigenvalue weighted by atomic mass is 10.1. The molecule has 0 aliphatic heterocycles. The van der Waals surface area contributed by atoms with E-state index in [2.05, 4.69) is 19.9 Å². The molecule has 0 saturated carbocycles. The first-order chi connectivity index (χ1) is 10.1. The van der Waals surface area contributed by atoms with Crippen molar-refractivity contribution in [3.8, 4) is 5.75 Å². The predicted octanol–water partition coefficient (Wildman–Crippen LogP) is 4.59. The minimum absolute atomic E-state index is 0.0288. The maximum absolute atomic E-state index is 5.96. The summed E-state index contributed by atoms with van der Waals surface area (Å²) in [6, 6.07) is 6.11. The van der Waals surface area contributed by atoms with Crippen LogP contribution in [-0.4, -0.2) is 13.2 Å². The van der Waals surface area contributed by atoms with Crippen LogP contribution in [0.1, 0.15) is 70.0 Å². The molecule has 1 rings (SSSR count). The van der Waals surface area contributed by atoms with Crippen LogP contribution in [0.2, 0.25) is 0 Å². The summed E-state index contributed by atoms with van der Waals surface area (Å²) >= 11 is 0. The lowest BCUT2D eigenvalue weighted by molar-refractivity contribution is 0.0448. The maximum Gasteiger partial charge on any atom is 0.124 e. The monoisotopic (exact) mass is 293 g/mol. The summed E-state index contributed by atoms with van der Waals surface area (Å²) in [5.74, 6) is 0.873. The third kappa shape index (κ3) is 6.49. The van der Waals surface area contributed by atoms with Gasteiger partial charge in [-0.25, -0.2) is 0 Å². The molecule has 2 N–H and O–H groups in total. The second-order valence-corrected chi connectivity index (χ2v) is 5.83. The van der Waals surface area contributed by atoms with Crippen molar-refractivity contribution >= 4 is 0 Å². The highest BCUT2D eigenvalue weighted by Crippen LogP contribution is 2.24. The number of unbranched alkanes of at least 4 members (excludes halogenated alkanes) is 3. The molecule has 0 radical (unpaired) electrons. The van der Waals surface area contributed by atoms with Crippen LogP contribution in [0.3, 0.4) is 0 Å². The van der Waals surface area contributed by atoms with E-state index in [0.29, 0.717) is 6.61 Å². The lowest BCUT2D eigenvalue weighted by Gasteiger charge is -2.16. The summed E-state index contributed by atoms with van der Waals surface area (Å²) in [4.78, 5) is 0. The van der Waals surface area contributed by atoms with Crippen LogP contribution < -0.4 is 10.5 Å². The van der Waals surface area contributed by atoms with Crippen LogP contribution >= 0.6 is 0 Å². The van der Waals surface area contributed by atoms with Crippen LogP contribution in [0.4, 0.5) is 0 Å². The van der Waals surface area contributed by atoms with Crippen LogP contribution in [0.15, 0.2) is 18.2 Å². The Hall–Kier alpha value is -1.06. The smallest absolute Gasteiger partial charge is 0.124 e. The Labute approximate surface area is 129 Å². The Balaban J connectivity index is 2.51. The Morgan fingerprint density at radius 1 is 1.14 bits per heavy atom. The van der Waals surface area contributed by atoms with Crippen molar-refractivity contribution in [2.45, 2.75) is 71.6 Å². The number of hydrogen-bond acceptors (Lipinski definition) is 3. The molecule has 0 saturated heterocycles. The summed E-state index contributed by atoms with van der Waals surface area (Å²) in [5.41, 5.74) is 8.13. The van der Waals surface area contributed by atoms with Gasteiger partial charge in [0.2, 0.25) is 0 Å². The average Bonchev–Trinajstić information content (AvgIpc) is 2.49. The van der Waals surface area contributed by atoms with Gasteiger partial charge in [-0.1, -0.05) is 38.7 Å². The van der Waals surface area contributed by atoms with E-state index >= 15 is 0 Å². The van der Waals surface area contributed by atoms with E-state index in [0.717, 1.165) is 23.3 Å². The minimum atomic E-state index is 0.0288. The number of nitrogens with two attached hydrogens (primary N) is 1. The largest absolute Gasteiger partial charge is 0.496 e. The summed E-state index contributed by atoms with van der Waals surface area (Å²) < 4.78 is 11.4. The van der Waals surface area contributed by atoms with Gasteiger partial charge in [0.15, 0.2) is 0 Å². The van der Waals surface area contributed by atoms with Gasteiger partial charge in [-0.05, 0) is 38.0 Å². The molecule has 1 aromatic carbocycles. The third-order valence-electron chi connectivity index (χ3n) is 3.82. The topological polar surface area (TPSA) is 44.5 Å². The zero-order valence-electron chi connectivity index (χ0n) is 14.0. The average molecular weight is 293 g/mol. The second kappa shape index (κ2) is 9.80. The number of benzene rings is 1. The van der Waals surface area contributed by atoms with E-state index in [-0.39, 0.29) is 12.1 Å². The van der Waals surface area contributed by atoms with E-state index in [4.69, 9.17) is 15.2 Å². The zero-order chi connectivity index (χ0) is 15.7. The highest BCUT2D eigenvalue weighted by atomic mass is 16.5. The molecule has 120 valence electrons. The van der Waals surface area contributed by atoms with Crippen LogP contribution in [0.5, 0.6) is 5.75 Å². The van der Waals surface area contributed by atoms with Gasteiger partial charge in [-0.3, -0.25) is 0 Å². The Morgan fingerprint density at radius 3 is 2.52 bits per heavy atom. The van der Waals surface area contributed by atoms with E-state index < -0.39 is 0 Å². The fourth-order valence-corrected chi connectivity index (χ4v) is 2.37. The molecule has 0 spiro atoms. The molecule has 0 aliphatic carbocycles. The van der Waals surface area contributed by atoms with E-state index in [1.807, 2.05) is 19.1 Å². The molecule has 3 nitrogen and oxygen atoms in total. The Bertz CT molecular complexity index is 404. The van der Waals surface area contributed by atoms with Crippen LogP contribution in [0, 0.1) is 0 Å². The molecular weight excluding hydrogens is 262 g/mol. The van der Waals surface area contributed by atoms with E-state index in [9.17, 15) is 0 Å².